The lowest BCUT2D eigenvalue weighted by Crippen LogP contribution is -2.70. The Morgan fingerprint density at radius 2 is 2.12 bits per heavy atom. The first-order valence-electron chi connectivity index (χ1n) is 7.84. The molecule has 1 aliphatic carbocycles. The van der Waals surface area contributed by atoms with Crippen molar-refractivity contribution in [2.24, 2.45) is 0 Å². The topological polar surface area (TPSA) is 77.1 Å². The lowest BCUT2D eigenvalue weighted by atomic mass is 9.91. The third kappa shape index (κ3) is 2.96. The second kappa shape index (κ2) is 5.73. The van der Waals surface area contributed by atoms with Crippen molar-refractivity contribution >= 4 is 23.8 Å². The van der Waals surface area contributed by atoms with Gasteiger partial charge < -0.3 is 24.4 Å². The van der Waals surface area contributed by atoms with Crippen molar-refractivity contribution in [3.8, 4) is 5.75 Å². The molecule has 1 saturated carbocycles. The molecule has 0 unspecified atom stereocenters. The van der Waals surface area contributed by atoms with Crippen LogP contribution in [-0.4, -0.2) is 54.5 Å². The molecule has 1 N–H and O–H groups in total. The number of likely N-dealkylation sites (tertiary alicyclic amines) is 1. The fraction of sp³-hybridized carbons (Fsp3) is 0.500. The molecule has 0 atom stereocenters. The summed E-state index contributed by atoms with van der Waals surface area (Å²) in [6, 6.07) is 7.23. The summed E-state index contributed by atoms with van der Waals surface area (Å²) >= 11 is 5.91. The summed E-state index contributed by atoms with van der Waals surface area (Å²) in [5.41, 5.74) is -0.423. The quantitative estimate of drug-likeness (QED) is 0.902. The zero-order chi connectivity index (χ0) is 16.7. The summed E-state index contributed by atoms with van der Waals surface area (Å²) in [6.07, 6.45) is 0.448. The van der Waals surface area contributed by atoms with Gasteiger partial charge in [-0.25, -0.2) is 9.59 Å². The monoisotopic (exact) mass is 352 g/mol. The van der Waals surface area contributed by atoms with Crippen LogP contribution in [0.4, 0.5) is 9.59 Å². The largest absolute Gasteiger partial charge is 0.490 e. The third-order valence-corrected chi connectivity index (χ3v) is 4.75. The van der Waals surface area contributed by atoms with Gasteiger partial charge in [0.2, 0.25) is 0 Å². The number of alkyl carbamates (subject to hydrolysis) is 1. The van der Waals surface area contributed by atoms with Gasteiger partial charge in [-0.05, 0) is 18.2 Å². The number of ether oxygens (including phenoxy) is 3. The van der Waals surface area contributed by atoms with Crippen LogP contribution in [0, 0.1) is 0 Å². The van der Waals surface area contributed by atoms with E-state index in [0.717, 1.165) is 5.75 Å². The maximum Gasteiger partial charge on any atom is 0.410 e. The SMILES string of the molecule is O=C1NC2(CO1)CN(C(=O)O[C@H]1C[C@@H](Oc3cccc(Cl)c3)C1)C2. The van der Waals surface area contributed by atoms with Crippen LogP contribution in [0.25, 0.3) is 0 Å². The van der Waals surface area contributed by atoms with E-state index < -0.39 is 11.6 Å². The molecule has 0 radical (unpaired) electrons. The van der Waals surface area contributed by atoms with Crippen molar-refractivity contribution in [3.63, 3.8) is 0 Å². The van der Waals surface area contributed by atoms with Crippen LogP contribution in [0.15, 0.2) is 24.3 Å². The molecule has 2 saturated heterocycles. The number of hydrogen-bond donors (Lipinski definition) is 1. The van der Waals surface area contributed by atoms with Gasteiger partial charge in [0.15, 0.2) is 0 Å². The van der Waals surface area contributed by atoms with Gasteiger partial charge in [0.25, 0.3) is 0 Å². The summed E-state index contributed by atoms with van der Waals surface area (Å²) in [5.74, 6) is 0.721. The standard InChI is InChI=1S/C16H17ClN2O5/c17-10-2-1-3-11(4-10)23-12-5-13(6-12)24-15(21)19-7-16(8-19)9-22-14(20)18-16/h1-4,12-13H,5-9H2,(H,18,20)/t12-,13+. The van der Waals surface area contributed by atoms with Crippen molar-refractivity contribution in [2.45, 2.75) is 30.6 Å². The lowest BCUT2D eigenvalue weighted by Gasteiger charge is -2.46. The Hall–Kier alpha value is -2.15. The number of carbonyl (C=O) groups excluding carboxylic acids is 2. The fourth-order valence-electron chi connectivity index (χ4n) is 3.14. The molecule has 3 aliphatic rings. The van der Waals surface area contributed by atoms with E-state index in [1.54, 1.807) is 17.0 Å². The number of rotatable bonds is 3. The number of nitrogens with one attached hydrogen (secondary N) is 1. The minimum absolute atomic E-state index is 0.0338. The van der Waals surface area contributed by atoms with Crippen LogP contribution in [0.5, 0.6) is 5.75 Å². The summed E-state index contributed by atoms with van der Waals surface area (Å²) in [7, 11) is 0. The Morgan fingerprint density at radius 1 is 1.33 bits per heavy atom. The summed E-state index contributed by atoms with van der Waals surface area (Å²) in [5, 5.41) is 3.36. The number of benzene rings is 1. The summed E-state index contributed by atoms with van der Waals surface area (Å²) in [4.78, 5) is 24.7. The molecule has 4 rings (SSSR count). The molecule has 1 aromatic carbocycles. The minimum atomic E-state index is -0.428. The fourth-order valence-corrected chi connectivity index (χ4v) is 3.32. The zero-order valence-corrected chi connectivity index (χ0v) is 13.6. The Bertz CT molecular complexity index is 670. The average Bonchev–Trinajstić information content (AvgIpc) is 2.86. The number of carbonyl (C=O) groups is 2. The molecule has 24 heavy (non-hydrogen) atoms. The van der Waals surface area contributed by atoms with E-state index in [9.17, 15) is 9.59 Å². The maximum absolute atomic E-state index is 12.1. The first kappa shape index (κ1) is 15.4. The highest BCUT2D eigenvalue weighted by Gasteiger charge is 2.52. The molecule has 0 bridgehead atoms. The number of amides is 2. The second-order valence-corrected chi connectivity index (χ2v) is 6.95. The van der Waals surface area contributed by atoms with Crippen molar-refractivity contribution in [2.75, 3.05) is 19.7 Å². The van der Waals surface area contributed by atoms with Crippen molar-refractivity contribution in [1.82, 2.24) is 10.2 Å². The van der Waals surface area contributed by atoms with Crippen LogP contribution in [-0.2, 0) is 9.47 Å². The Labute approximate surface area is 143 Å². The van der Waals surface area contributed by atoms with E-state index in [2.05, 4.69) is 5.32 Å². The maximum atomic E-state index is 12.1. The number of cyclic esters (lactones) is 1. The summed E-state index contributed by atoms with van der Waals surface area (Å²) < 4.78 is 16.1. The highest BCUT2D eigenvalue weighted by atomic mass is 35.5. The molecule has 0 aromatic heterocycles. The van der Waals surface area contributed by atoms with E-state index in [-0.39, 0.29) is 18.3 Å². The minimum Gasteiger partial charge on any atom is -0.490 e. The van der Waals surface area contributed by atoms with Crippen molar-refractivity contribution < 1.29 is 23.8 Å². The average molecular weight is 353 g/mol. The number of halogens is 1. The smallest absolute Gasteiger partial charge is 0.410 e. The van der Waals surface area contributed by atoms with Crippen molar-refractivity contribution in [1.29, 1.82) is 0 Å². The molecule has 1 aromatic rings. The molecule has 2 aliphatic heterocycles. The Kier molecular flexibility index (Phi) is 3.68. The van der Waals surface area contributed by atoms with E-state index in [1.165, 1.54) is 0 Å². The Morgan fingerprint density at radius 3 is 2.79 bits per heavy atom. The molecule has 1 spiro atoms. The first-order valence-corrected chi connectivity index (χ1v) is 8.22. The van der Waals surface area contributed by atoms with Gasteiger partial charge in [-0.15, -0.1) is 0 Å². The molecule has 2 heterocycles. The van der Waals surface area contributed by atoms with Gasteiger partial charge in [-0.1, -0.05) is 17.7 Å². The Balaban J connectivity index is 1.19. The van der Waals surface area contributed by atoms with E-state index in [0.29, 0.717) is 37.6 Å². The van der Waals surface area contributed by atoms with Crippen LogP contribution >= 0.6 is 11.6 Å². The first-order chi connectivity index (χ1) is 11.5. The van der Waals surface area contributed by atoms with Gasteiger partial charge >= 0.3 is 12.2 Å². The normalized spacial score (nSPS) is 26.9. The van der Waals surface area contributed by atoms with Crippen LogP contribution in [0.2, 0.25) is 5.02 Å². The lowest BCUT2D eigenvalue weighted by molar-refractivity contribution is -0.0500. The second-order valence-electron chi connectivity index (χ2n) is 6.51. The van der Waals surface area contributed by atoms with E-state index in [1.807, 2.05) is 12.1 Å². The van der Waals surface area contributed by atoms with Gasteiger partial charge in [0, 0.05) is 17.9 Å². The third-order valence-electron chi connectivity index (χ3n) is 4.51. The highest BCUT2D eigenvalue weighted by Crippen LogP contribution is 2.31. The number of hydrogen-bond acceptors (Lipinski definition) is 5. The van der Waals surface area contributed by atoms with Crippen LogP contribution in [0.3, 0.4) is 0 Å². The number of nitrogens with zero attached hydrogens (tertiary/aromatic N) is 1. The molecule has 3 fully saturated rings. The molecular formula is C16H17ClN2O5. The molecule has 7 nitrogen and oxygen atoms in total. The molecule has 128 valence electrons. The molecule has 2 amide bonds. The van der Waals surface area contributed by atoms with Crippen LogP contribution in [0.1, 0.15) is 12.8 Å². The highest BCUT2D eigenvalue weighted by molar-refractivity contribution is 6.30. The van der Waals surface area contributed by atoms with Gasteiger partial charge in [-0.3, -0.25) is 0 Å². The predicted octanol–water partition coefficient (Wildman–Crippen LogP) is 2.18. The van der Waals surface area contributed by atoms with Gasteiger partial charge in [-0.2, -0.15) is 0 Å². The van der Waals surface area contributed by atoms with Crippen molar-refractivity contribution in [3.05, 3.63) is 29.3 Å². The molecule has 8 heteroatoms. The van der Waals surface area contributed by atoms with Crippen LogP contribution < -0.4 is 10.1 Å². The van der Waals surface area contributed by atoms with E-state index in [4.69, 9.17) is 25.8 Å². The predicted molar refractivity (Wildman–Crippen MR) is 84.2 cm³/mol. The zero-order valence-electron chi connectivity index (χ0n) is 12.9. The van der Waals surface area contributed by atoms with E-state index >= 15 is 0 Å². The van der Waals surface area contributed by atoms with Gasteiger partial charge in [0.05, 0.1) is 13.1 Å². The molecular weight excluding hydrogens is 336 g/mol. The summed E-state index contributed by atoms with van der Waals surface area (Å²) in [6.45, 7) is 1.15. The van der Waals surface area contributed by atoms with Gasteiger partial charge in [0.1, 0.15) is 30.1 Å².